The predicted octanol–water partition coefficient (Wildman–Crippen LogP) is 3.09. The highest BCUT2D eigenvalue weighted by Gasteiger charge is 2.30. The Morgan fingerprint density at radius 3 is 2.08 bits per heavy atom. The van der Waals surface area contributed by atoms with E-state index in [1.165, 1.54) is 38.5 Å². The van der Waals surface area contributed by atoms with E-state index in [9.17, 15) is 20.1 Å². The molecule has 0 amide bonds. The van der Waals surface area contributed by atoms with E-state index in [0.717, 1.165) is 12.8 Å². The van der Waals surface area contributed by atoms with Gasteiger partial charge in [-0.25, -0.2) is 0 Å². The minimum Gasteiger partial charge on any atom is -0.460 e. The molecule has 0 bridgehead atoms. The number of hydrogen-bond donors (Lipinski definition) is 3. The van der Waals surface area contributed by atoms with Gasteiger partial charge in [-0.3, -0.25) is 4.79 Å². The van der Waals surface area contributed by atoms with Gasteiger partial charge in [0.15, 0.2) is 0 Å². The summed E-state index contributed by atoms with van der Waals surface area (Å²) in [7, 11) is 0. The Labute approximate surface area is 146 Å². The first-order chi connectivity index (χ1) is 11.5. The number of aliphatic hydroxyl groups is 3. The van der Waals surface area contributed by atoms with Gasteiger partial charge < -0.3 is 20.1 Å². The lowest BCUT2D eigenvalue weighted by Gasteiger charge is -2.21. The molecule has 0 saturated carbocycles. The molecule has 1 aliphatic rings. The number of hydrogen-bond acceptors (Lipinski definition) is 5. The van der Waals surface area contributed by atoms with Crippen LogP contribution in [0.3, 0.4) is 0 Å². The van der Waals surface area contributed by atoms with Gasteiger partial charge in [-0.1, -0.05) is 58.3 Å². The van der Waals surface area contributed by atoms with Crippen LogP contribution in [-0.4, -0.2) is 45.7 Å². The molecule has 0 aromatic heterocycles. The second-order valence-electron chi connectivity index (χ2n) is 7.11. The lowest BCUT2D eigenvalue weighted by molar-refractivity contribution is -0.145. The Bertz CT molecular complexity index is 334. The van der Waals surface area contributed by atoms with E-state index in [2.05, 4.69) is 6.92 Å². The van der Waals surface area contributed by atoms with Crippen molar-refractivity contribution in [3.63, 3.8) is 0 Å². The number of unbranched alkanes of at least 4 members (excludes halogenated alkanes) is 7. The normalized spacial score (nSPS) is 21.5. The molecule has 0 aromatic carbocycles. The van der Waals surface area contributed by atoms with Gasteiger partial charge in [-0.2, -0.15) is 0 Å². The third-order valence-corrected chi connectivity index (χ3v) is 4.90. The standard InChI is InChI=1S/C19H36O5/c1-2-3-4-5-6-7-8-9-10-15(20)16(21)11-12-17(22)18-13-14-19(23)24-18/h15-18,20-22H,2-14H2,1H3/t15-,16-,17-,18-/m1/s1. The zero-order chi connectivity index (χ0) is 17.8. The number of carbonyl (C=O) groups is 1. The van der Waals surface area contributed by atoms with Crippen LogP contribution in [0.25, 0.3) is 0 Å². The maximum absolute atomic E-state index is 11.0. The second-order valence-corrected chi connectivity index (χ2v) is 7.11. The topological polar surface area (TPSA) is 87.0 Å². The molecule has 1 rings (SSSR count). The van der Waals surface area contributed by atoms with E-state index in [0.29, 0.717) is 32.1 Å². The molecular formula is C19H36O5. The second kappa shape index (κ2) is 12.7. The summed E-state index contributed by atoms with van der Waals surface area (Å²) in [5.74, 6) is -0.269. The van der Waals surface area contributed by atoms with Gasteiger partial charge >= 0.3 is 5.97 Å². The van der Waals surface area contributed by atoms with Crippen molar-refractivity contribution in [3.05, 3.63) is 0 Å². The Kier molecular flexibility index (Phi) is 11.3. The summed E-state index contributed by atoms with van der Waals surface area (Å²) in [5.41, 5.74) is 0. The molecule has 0 unspecified atom stereocenters. The van der Waals surface area contributed by atoms with Crippen LogP contribution < -0.4 is 0 Å². The van der Waals surface area contributed by atoms with Gasteiger partial charge in [0, 0.05) is 6.42 Å². The van der Waals surface area contributed by atoms with Crippen molar-refractivity contribution >= 4 is 5.97 Å². The monoisotopic (exact) mass is 344 g/mol. The highest BCUT2D eigenvalue weighted by atomic mass is 16.6. The van der Waals surface area contributed by atoms with E-state index < -0.39 is 24.4 Å². The lowest BCUT2D eigenvalue weighted by Crippen LogP contribution is -2.31. The smallest absolute Gasteiger partial charge is 0.306 e. The minimum absolute atomic E-state index is 0.269. The number of aliphatic hydroxyl groups excluding tert-OH is 3. The highest BCUT2D eigenvalue weighted by molar-refractivity contribution is 5.71. The number of carbonyl (C=O) groups excluding carboxylic acids is 1. The van der Waals surface area contributed by atoms with Crippen molar-refractivity contribution < 1.29 is 24.9 Å². The van der Waals surface area contributed by atoms with Crippen molar-refractivity contribution in [3.8, 4) is 0 Å². The van der Waals surface area contributed by atoms with Gasteiger partial charge in [0.2, 0.25) is 0 Å². The summed E-state index contributed by atoms with van der Waals surface area (Å²) in [6.45, 7) is 2.21. The van der Waals surface area contributed by atoms with Gasteiger partial charge in [0.25, 0.3) is 0 Å². The van der Waals surface area contributed by atoms with E-state index in [1.54, 1.807) is 0 Å². The van der Waals surface area contributed by atoms with Crippen molar-refractivity contribution in [2.24, 2.45) is 0 Å². The van der Waals surface area contributed by atoms with Crippen molar-refractivity contribution in [2.75, 3.05) is 0 Å². The molecule has 3 N–H and O–H groups in total. The van der Waals surface area contributed by atoms with Gasteiger partial charge in [0.05, 0.1) is 18.3 Å². The molecule has 0 aromatic rings. The fourth-order valence-electron chi connectivity index (χ4n) is 3.22. The highest BCUT2D eigenvalue weighted by Crippen LogP contribution is 2.21. The van der Waals surface area contributed by atoms with E-state index in [4.69, 9.17) is 4.74 Å². The maximum atomic E-state index is 11.0. The van der Waals surface area contributed by atoms with Crippen LogP contribution in [0.2, 0.25) is 0 Å². The number of cyclic esters (lactones) is 1. The van der Waals surface area contributed by atoms with Crippen LogP contribution in [0.15, 0.2) is 0 Å². The van der Waals surface area contributed by atoms with Crippen LogP contribution in [0.5, 0.6) is 0 Å². The largest absolute Gasteiger partial charge is 0.460 e. The van der Waals surface area contributed by atoms with Crippen molar-refractivity contribution in [1.82, 2.24) is 0 Å². The third-order valence-electron chi connectivity index (χ3n) is 4.90. The van der Waals surface area contributed by atoms with E-state index in [-0.39, 0.29) is 5.97 Å². The van der Waals surface area contributed by atoms with Crippen LogP contribution in [0.1, 0.15) is 90.4 Å². The summed E-state index contributed by atoms with van der Waals surface area (Å²) in [6, 6.07) is 0. The first-order valence-electron chi connectivity index (χ1n) is 9.78. The third kappa shape index (κ3) is 9.00. The molecule has 1 fully saturated rings. The molecule has 1 saturated heterocycles. The summed E-state index contributed by atoms with van der Waals surface area (Å²) in [6.07, 6.45) is 9.07. The van der Waals surface area contributed by atoms with Crippen molar-refractivity contribution in [2.45, 2.75) is 115 Å². The average Bonchev–Trinajstić information content (AvgIpc) is 3.01. The molecule has 5 nitrogen and oxygen atoms in total. The molecule has 5 heteroatoms. The zero-order valence-electron chi connectivity index (χ0n) is 15.2. The van der Waals surface area contributed by atoms with Crippen LogP contribution in [0, 0.1) is 0 Å². The molecule has 0 spiro atoms. The summed E-state index contributed by atoms with van der Waals surface area (Å²) in [4.78, 5) is 11.0. The van der Waals surface area contributed by atoms with E-state index >= 15 is 0 Å². The number of esters is 1. The summed E-state index contributed by atoms with van der Waals surface area (Å²) >= 11 is 0. The Morgan fingerprint density at radius 1 is 0.917 bits per heavy atom. The number of ether oxygens (including phenoxy) is 1. The van der Waals surface area contributed by atoms with Gasteiger partial charge in [0.1, 0.15) is 6.10 Å². The lowest BCUT2D eigenvalue weighted by atomic mass is 9.98. The SMILES string of the molecule is CCCCCCCCCC[C@@H](O)[C@H](O)CC[C@@H](O)[C@H]1CCC(=O)O1. The molecule has 142 valence electrons. The predicted molar refractivity (Wildman–Crippen MR) is 93.6 cm³/mol. The van der Waals surface area contributed by atoms with Gasteiger partial charge in [-0.15, -0.1) is 0 Å². The molecule has 1 aliphatic heterocycles. The molecule has 1 heterocycles. The molecular weight excluding hydrogens is 308 g/mol. The Balaban J connectivity index is 2.01. The molecule has 0 radical (unpaired) electrons. The van der Waals surface area contributed by atoms with Crippen LogP contribution in [-0.2, 0) is 9.53 Å². The minimum atomic E-state index is -0.818. The first-order valence-corrected chi connectivity index (χ1v) is 9.78. The fraction of sp³-hybridized carbons (Fsp3) is 0.947. The van der Waals surface area contributed by atoms with E-state index in [1.807, 2.05) is 0 Å². The van der Waals surface area contributed by atoms with Gasteiger partial charge in [-0.05, 0) is 25.7 Å². The fourth-order valence-corrected chi connectivity index (χ4v) is 3.22. The molecule has 0 aliphatic carbocycles. The van der Waals surface area contributed by atoms with Crippen molar-refractivity contribution in [1.29, 1.82) is 0 Å². The first kappa shape index (κ1) is 21.4. The van der Waals surface area contributed by atoms with Crippen LogP contribution in [0.4, 0.5) is 0 Å². The summed E-state index contributed by atoms with van der Waals surface area (Å²) in [5, 5.41) is 29.9. The Hall–Kier alpha value is -0.650. The average molecular weight is 344 g/mol. The molecule has 4 atom stereocenters. The Morgan fingerprint density at radius 2 is 1.50 bits per heavy atom. The molecule has 24 heavy (non-hydrogen) atoms. The van der Waals surface area contributed by atoms with Crippen LogP contribution >= 0.6 is 0 Å². The number of rotatable bonds is 14. The maximum Gasteiger partial charge on any atom is 0.306 e. The zero-order valence-corrected chi connectivity index (χ0v) is 15.2. The quantitative estimate of drug-likeness (QED) is 0.333. The summed E-state index contributed by atoms with van der Waals surface area (Å²) < 4.78 is 5.01.